The molecule has 0 bridgehead atoms. The van der Waals surface area contributed by atoms with E-state index in [2.05, 4.69) is 21.2 Å². The number of aliphatic hydroxyl groups is 1. The molecule has 5 nitrogen and oxygen atoms in total. The highest BCUT2D eigenvalue weighted by atomic mass is 79.9. The van der Waals surface area contributed by atoms with Crippen molar-refractivity contribution in [2.75, 3.05) is 0 Å². The molecule has 0 fully saturated rings. The number of nitrogens with one attached hydrogen (secondary N) is 1. The van der Waals surface area contributed by atoms with Gasteiger partial charge in [0.15, 0.2) is 6.04 Å². The number of halogens is 1. The van der Waals surface area contributed by atoms with E-state index in [1.807, 2.05) is 0 Å². The maximum atomic E-state index is 12.2. The standard InChI is InChI=1S/C15H20BrNO4/c1-14(2,3)21-13(19)12(17-9-18)15(4,20)10-5-7-11(16)8-6-10/h5-9,12,20H,1-4H3,(H,17,18)/t12-,15-/m0/s1. The summed E-state index contributed by atoms with van der Waals surface area (Å²) in [5, 5.41) is 13.0. The molecule has 1 aromatic carbocycles. The summed E-state index contributed by atoms with van der Waals surface area (Å²) < 4.78 is 6.10. The van der Waals surface area contributed by atoms with Crippen LogP contribution in [0.1, 0.15) is 33.3 Å². The Morgan fingerprint density at radius 1 is 1.29 bits per heavy atom. The molecule has 0 saturated carbocycles. The Morgan fingerprint density at radius 3 is 2.24 bits per heavy atom. The highest BCUT2D eigenvalue weighted by Crippen LogP contribution is 2.27. The van der Waals surface area contributed by atoms with Crippen LogP contribution in [-0.2, 0) is 19.9 Å². The van der Waals surface area contributed by atoms with Crippen molar-refractivity contribution < 1.29 is 19.4 Å². The third-order valence-electron chi connectivity index (χ3n) is 2.87. The van der Waals surface area contributed by atoms with Gasteiger partial charge < -0.3 is 15.2 Å². The van der Waals surface area contributed by atoms with Gasteiger partial charge in [0.2, 0.25) is 6.41 Å². The first-order chi connectivity index (χ1) is 9.58. The summed E-state index contributed by atoms with van der Waals surface area (Å²) in [6.45, 7) is 6.62. The first-order valence-electron chi connectivity index (χ1n) is 6.49. The zero-order valence-corrected chi connectivity index (χ0v) is 14.1. The number of hydrogen-bond acceptors (Lipinski definition) is 4. The van der Waals surface area contributed by atoms with E-state index in [-0.39, 0.29) is 0 Å². The van der Waals surface area contributed by atoms with Crippen molar-refractivity contribution in [2.45, 2.75) is 44.9 Å². The van der Waals surface area contributed by atoms with E-state index < -0.39 is 23.2 Å². The summed E-state index contributed by atoms with van der Waals surface area (Å²) in [4.78, 5) is 23.0. The van der Waals surface area contributed by atoms with Crippen LogP contribution in [0.3, 0.4) is 0 Å². The highest BCUT2D eigenvalue weighted by Gasteiger charge is 2.41. The molecule has 6 heteroatoms. The van der Waals surface area contributed by atoms with Crippen LogP contribution >= 0.6 is 15.9 Å². The van der Waals surface area contributed by atoms with E-state index in [4.69, 9.17) is 4.74 Å². The molecule has 116 valence electrons. The van der Waals surface area contributed by atoms with Crippen LogP contribution in [0.2, 0.25) is 0 Å². The van der Waals surface area contributed by atoms with Crippen molar-refractivity contribution in [2.24, 2.45) is 0 Å². The zero-order valence-electron chi connectivity index (χ0n) is 12.5. The number of benzene rings is 1. The Bertz CT molecular complexity index is 505. The van der Waals surface area contributed by atoms with Gasteiger partial charge in [-0.15, -0.1) is 0 Å². The number of ether oxygens (including phenoxy) is 1. The van der Waals surface area contributed by atoms with Gasteiger partial charge in [0.1, 0.15) is 11.2 Å². The van der Waals surface area contributed by atoms with Gasteiger partial charge >= 0.3 is 5.97 Å². The molecule has 0 aliphatic carbocycles. The van der Waals surface area contributed by atoms with Crippen molar-refractivity contribution in [3.8, 4) is 0 Å². The lowest BCUT2D eigenvalue weighted by Gasteiger charge is -2.33. The zero-order chi connectivity index (χ0) is 16.3. The molecule has 0 spiro atoms. The third kappa shape index (κ3) is 4.82. The molecule has 0 heterocycles. The molecule has 0 aromatic heterocycles. The van der Waals surface area contributed by atoms with Crippen molar-refractivity contribution in [1.82, 2.24) is 5.32 Å². The Morgan fingerprint density at radius 2 is 1.81 bits per heavy atom. The normalized spacial score (nSPS) is 15.7. The van der Waals surface area contributed by atoms with Gasteiger partial charge in [0.05, 0.1) is 0 Å². The highest BCUT2D eigenvalue weighted by molar-refractivity contribution is 9.10. The first-order valence-corrected chi connectivity index (χ1v) is 7.28. The minimum absolute atomic E-state index is 0.377. The molecule has 21 heavy (non-hydrogen) atoms. The maximum absolute atomic E-state index is 12.2. The van der Waals surface area contributed by atoms with Crippen molar-refractivity contribution in [3.63, 3.8) is 0 Å². The molecule has 0 unspecified atom stereocenters. The first kappa shape index (κ1) is 17.7. The molecule has 1 amide bonds. The fourth-order valence-corrected chi connectivity index (χ4v) is 2.11. The molecular formula is C15H20BrNO4. The predicted octanol–water partition coefficient (Wildman–Crippen LogP) is 2.11. The number of hydrogen-bond donors (Lipinski definition) is 2. The molecule has 0 aliphatic rings. The number of esters is 1. The molecule has 2 N–H and O–H groups in total. The number of carbonyl (C=O) groups excluding carboxylic acids is 2. The summed E-state index contributed by atoms with van der Waals surface area (Å²) in [5.41, 5.74) is -1.81. The SMILES string of the molecule is CC(C)(C)OC(=O)[C@H](NC=O)[C@@](C)(O)c1ccc(Br)cc1. The number of carbonyl (C=O) groups is 2. The van der Waals surface area contributed by atoms with Crippen molar-refractivity contribution in [3.05, 3.63) is 34.3 Å². The molecule has 0 aliphatic heterocycles. The summed E-state index contributed by atoms with van der Waals surface area (Å²) in [7, 11) is 0. The van der Waals surface area contributed by atoms with Gasteiger partial charge in [-0.1, -0.05) is 28.1 Å². The van der Waals surface area contributed by atoms with Crippen LogP contribution in [0.5, 0.6) is 0 Å². The van der Waals surface area contributed by atoms with E-state index in [0.717, 1.165) is 4.47 Å². The minimum atomic E-state index is -1.59. The molecule has 0 saturated heterocycles. The number of rotatable bonds is 5. The quantitative estimate of drug-likeness (QED) is 0.625. The van der Waals surface area contributed by atoms with E-state index >= 15 is 0 Å². The van der Waals surface area contributed by atoms with Crippen LogP contribution in [0.4, 0.5) is 0 Å². The van der Waals surface area contributed by atoms with E-state index in [0.29, 0.717) is 12.0 Å². The van der Waals surface area contributed by atoms with Crippen LogP contribution in [-0.4, -0.2) is 29.1 Å². The third-order valence-corrected chi connectivity index (χ3v) is 3.40. The monoisotopic (exact) mass is 357 g/mol. The van der Waals surface area contributed by atoms with Gasteiger partial charge in [-0.25, -0.2) is 4.79 Å². The topological polar surface area (TPSA) is 75.6 Å². The van der Waals surface area contributed by atoms with E-state index in [1.54, 1.807) is 45.0 Å². The Hall–Kier alpha value is -1.40. The maximum Gasteiger partial charge on any atom is 0.332 e. The van der Waals surface area contributed by atoms with Gasteiger partial charge in [0, 0.05) is 4.47 Å². The summed E-state index contributed by atoms with van der Waals surface area (Å²) in [6, 6.07) is 5.64. The van der Waals surface area contributed by atoms with Gasteiger partial charge in [-0.2, -0.15) is 0 Å². The van der Waals surface area contributed by atoms with Crippen LogP contribution in [0.25, 0.3) is 0 Å². The predicted molar refractivity (Wildman–Crippen MR) is 82.5 cm³/mol. The Balaban J connectivity index is 3.10. The van der Waals surface area contributed by atoms with E-state index in [9.17, 15) is 14.7 Å². The minimum Gasteiger partial charge on any atom is -0.458 e. The van der Waals surface area contributed by atoms with Gasteiger partial charge in [-0.05, 0) is 45.4 Å². The molecule has 1 aromatic rings. The average Bonchev–Trinajstić information content (AvgIpc) is 2.34. The second kappa shape index (κ2) is 6.58. The largest absolute Gasteiger partial charge is 0.458 e. The number of amides is 1. The molecule has 2 atom stereocenters. The Kier molecular flexibility index (Phi) is 5.53. The second-order valence-corrected chi connectivity index (χ2v) is 6.82. The lowest BCUT2D eigenvalue weighted by atomic mass is 9.88. The molecule has 0 radical (unpaired) electrons. The summed E-state index contributed by atoms with van der Waals surface area (Å²) >= 11 is 3.30. The lowest BCUT2D eigenvalue weighted by Crippen LogP contribution is -2.53. The van der Waals surface area contributed by atoms with Crippen LogP contribution < -0.4 is 5.32 Å². The fraction of sp³-hybridized carbons (Fsp3) is 0.467. The summed E-state index contributed by atoms with van der Waals surface area (Å²) in [5.74, 6) is -0.692. The molecule has 1 rings (SSSR count). The lowest BCUT2D eigenvalue weighted by molar-refractivity contribution is -0.165. The van der Waals surface area contributed by atoms with Crippen molar-refractivity contribution >= 4 is 28.3 Å². The molecular weight excluding hydrogens is 338 g/mol. The summed E-state index contributed by atoms with van der Waals surface area (Å²) in [6.07, 6.45) is 0.377. The van der Waals surface area contributed by atoms with Crippen LogP contribution in [0, 0.1) is 0 Å². The average molecular weight is 358 g/mol. The fourth-order valence-electron chi connectivity index (χ4n) is 1.84. The van der Waals surface area contributed by atoms with E-state index in [1.165, 1.54) is 6.92 Å². The van der Waals surface area contributed by atoms with Crippen LogP contribution in [0.15, 0.2) is 28.7 Å². The smallest absolute Gasteiger partial charge is 0.332 e. The van der Waals surface area contributed by atoms with Gasteiger partial charge in [-0.3, -0.25) is 4.79 Å². The second-order valence-electron chi connectivity index (χ2n) is 5.91. The Labute approximate surface area is 132 Å². The van der Waals surface area contributed by atoms with Crippen molar-refractivity contribution in [1.29, 1.82) is 0 Å². The van der Waals surface area contributed by atoms with Gasteiger partial charge in [0.25, 0.3) is 0 Å².